The number of halogens is 1. The number of amides is 1. The molecule has 0 saturated heterocycles. The smallest absolute Gasteiger partial charge is 0.263 e. The van der Waals surface area contributed by atoms with E-state index in [0.717, 1.165) is 6.42 Å². The first-order valence-electron chi connectivity index (χ1n) is 7.85. The Morgan fingerprint density at radius 1 is 1.17 bits per heavy atom. The Labute approximate surface area is 136 Å². The molecule has 2 rings (SSSR count). The number of rotatable bonds is 7. The Balaban J connectivity index is 1.93. The molecule has 0 radical (unpaired) electrons. The van der Waals surface area contributed by atoms with Crippen molar-refractivity contribution in [3.63, 3.8) is 0 Å². The van der Waals surface area contributed by atoms with Crippen molar-refractivity contribution in [3.05, 3.63) is 66.0 Å². The zero-order valence-corrected chi connectivity index (χ0v) is 13.5. The number of hydrogen-bond acceptors (Lipinski definition) is 2. The van der Waals surface area contributed by atoms with E-state index in [2.05, 4.69) is 0 Å². The van der Waals surface area contributed by atoms with Gasteiger partial charge in [-0.1, -0.05) is 36.4 Å². The molecule has 2 aromatic carbocycles. The van der Waals surface area contributed by atoms with Crippen molar-refractivity contribution in [2.24, 2.45) is 0 Å². The molecule has 0 saturated carbocycles. The van der Waals surface area contributed by atoms with Gasteiger partial charge in [-0.05, 0) is 38.0 Å². The topological polar surface area (TPSA) is 29.5 Å². The van der Waals surface area contributed by atoms with Gasteiger partial charge in [-0.25, -0.2) is 4.39 Å². The second-order valence-corrected chi connectivity index (χ2v) is 5.37. The van der Waals surface area contributed by atoms with Gasteiger partial charge in [0.15, 0.2) is 6.10 Å². The van der Waals surface area contributed by atoms with Gasteiger partial charge < -0.3 is 9.64 Å². The Morgan fingerprint density at radius 2 is 1.91 bits per heavy atom. The van der Waals surface area contributed by atoms with Gasteiger partial charge in [0.2, 0.25) is 0 Å². The zero-order chi connectivity index (χ0) is 16.7. The predicted octanol–water partition coefficient (Wildman–Crippen LogP) is 3.68. The fraction of sp³-hybridized carbons (Fsp3) is 0.316. The van der Waals surface area contributed by atoms with Crippen LogP contribution in [0.5, 0.6) is 5.75 Å². The maximum absolute atomic E-state index is 13.2. The summed E-state index contributed by atoms with van der Waals surface area (Å²) in [7, 11) is 0. The molecule has 0 aliphatic carbocycles. The molecule has 0 aliphatic rings. The number of nitrogens with zero attached hydrogens (tertiary/aromatic N) is 1. The highest BCUT2D eigenvalue weighted by Crippen LogP contribution is 2.15. The van der Waals surface area contributed by atoms with Crippen LogP contribution in [0.2, 0.25) is 0 Å². The minimum atomic E-state index is -0.646. The SMILES string of the molecule is CCN(CCc1ccccc1)C(=O)C(C)Oc1cccc(F)c1. The first-order valence-corrected chi connectivity index (χ1v) is 7.85. The lowest BCUT2D eigenvalue weighted by Crippen LogP contribution is -2.41. The summed E-state index contributed by atoms with van der Waals surface area (Å²) in [6.07, 6.45) is 0.153. The van der Waals surface area contributed by atoms with Crippen LogP contribution in [0.4, 0.5) is 4.39 Å². The summed E-state index contributed by atoms with van der Waals surface area (Å²) in [4.78, 5) is 14.3. The number of hydrogen-bond donors (Lipinski definition) is 0. The van der Waals surface area contributed by atoms with Crippen molar-refractivity contribution in [3.8, 4) is 5.75 Å². The summed E-state index contributed by atoms with van der Waals surface area (Å²) < 4.78 is 18.7. The standard InChI is InChI=1S/C19H22FNO2/c1-3-21(13-12-16-8-5-4-6-9-16)19(22)15(2)23-18-11-7-10-17(20)14-18/h4-11,14-15H,3,12-13H2,1-2H3. The molecule has 23 heavy (non-hydrogen) atoms. The third-order valence-electron chi connectivity index (χ3n) is 3.66. The average Bonchev–Trinajstić information content (AvgIpc) is 2.56. The van der Waals surface area contributed by atoms with Crippen molar-refractivity contribution in [2.45, 2.75) is 26.4 Å². The van der Waals surface area contributed by atoms with Crippen molar-refractivity contribution >= 4 is 5.91 Å². The normalized spacial score (nSPS) is 11.8. The Bertz CT molecular complexity index is 630. The average molecular weight is 315 g/mol. The molecule has 1 amide bonds. The molecule has 4 heteroatoms. The highest BCUT2D eigenvalue weighted by Gasteiger charge is 2.20. The minimum Gasteiger partial charge on any atom is -0.481 e. The van der Waals surface area contributed by atoms with Crippen LogP contribution in [0.25, 0.3) is 0 Å². The summed E-state index contributed by atoms with van der Waals surface area (Å²) in [6, 6.07) is 15.9. The number of carbonyl (C=O) groups is 1. The van der Waals surface area contributed by atoms with Crippen LogP contribution < -0.4 is 4.74 Å². The van der Waals surface area contributed by atoms with E-state index < -0.39 is 6.10 Å². The van der Waals surface area contributed by atoms with E-state index in [4.69, 9.17) is 4.74 Å². The fourth-order valence-electron chi connectivity index (χ4n) is 2.38. The van der Waals surface area contributed by atoms with Crippen LogP contribution in [0.15, 0.2) is 54.6 Å². The van der Waals surface area contributed by atoms with E-state index in [0.29, 0.717) is 18.8 Å². The van der Waals surface area contributed by atoms with Crippen molar-refractivity contribution in [2.75, 3.05) is 13.1 Å². The summed E-state index contributed by atoms with van der Waals surface area (Å²) in [5.74, 6) is -0.101. The summed E-state index contributed by atoms with van der Waals surface area (Å²) in [5.41, 5.74) is 1.19. The second-order valence-electron chi connectivity index (χ2n) is 5.37. The molecule has 0 aliphatic heterocycles. The predicted molar refractivity (Wildman–Crippen MR) is 88.9 cm³/mol. The number of ether oxygens (including phenoxy) is 1. The zero-order valence-electron chi connectivity index (χ0n) is 13.5. The molecule has 0 spiro atoms. The fourth-order valence-corrected chi connectivity index (χ4v) is 2.38. The molecule has 1 unspecified atom stereocenters. The third-order valence-corrected chi connectivity index (χ3v) is 3.66. The first-order chi connectivity index (χ1) is 11.1. The molecule has 0 aromatic heterocycles. The maximum atomic E-state index is 13.2. The van der Waals surface area contributed by atoms with Crippen LogP contribution in [0.1, 0.15) is 19.4 Å². The van der Waals surface area contributed by atoms with Gasteiger partial charge in [-0.2, -0.15) is 0 Å². The van der Waals surface area contributed by atoms with Crippen LogP contribution >= 0.6 is 0 Å². The minimum absolute atomic E-state index is 0.0901. The molecular formula is C19H22FNO2. The monoisotopic (exact) mass is 315 g/mol. The third kappa shape index (κ3) is 5.09. The Kier molecular flexibility index (Phi) is 6.15. The van der Waals surface area contributed by atoms with Gasteiger partial charge in [-0.3, -0.25) is 4.79 Å². The van der Waals surface area contributed by atoms with Crippen molar-refractivity contribution < 1.29 is 13.9 Å². The van der Waals surface area contributed by atoms with Gasteiger partial charge in [0.1, 0.15) is 11.6 Å². The lowest BCUT2D eigenvalue weighted by atomic mass is 10.1. The molecule has 1 atom stereocenters. The van der Waals surface area contributed by atoms with Gasteiger partial charge in [0, 0.05) is 19.2 Å². The largest absolute Gasteiger partial charge is 0.481 e. The van der Waals surface area contributed by atoms with Crippen molar-refractivity contribution in [1.82, 2.24) is 4.90 Å². The highest BCUT2D eigenvalue weighted by atomic mass is 19.1. The molecule has 2 aromatic rings. The van der Waals surface area contributed by atoms with E-state index in [1.807, 2.05) is 37.3 Å². The Morgan fingerprint density at radius 3 is 2.57 bits per heavy atom. The summed E-state index contributed by atoms with van der Waals surface area (Å²) >= 11 is 0. The van der Waals surface area contributed by atoms with Crippen LogP contribution in [-0.4, -0.2) is 30.0 Å². The first kappa shape index (κ1) is 17.0. The summed E-state index contributed by atoms with van der Waals surface area (Å²) in [6.45, 7) is 4.88. The van der Waals surface area contributed by atoms with Gasteiger partial charge in [0.05, 0.1) is 0 Å². The van der Waals surface area contributed by atoms with Gasteiger partial charge >= 0.3 is 0 Å². The Hall–Kier alpha value is -2.36. The number of benzene rings is 2. The van der Waals surface area contributed by atoms with E-state index in [9.17, 15) is 9.18 Å². The quantitative estimate of drug-likeness (QED) is 0.780. The lowest BCUT2D eigenvalue weighted by Gasteiger charge is -2.25. The van der Waals surface area contributed by atoms with E-state index in [1.54, 1.807) is 24.0 Å². The maximum Gasteiger partial charge on any atom is 0.263 e. The molecule has 3 nitrogen and oxygen atoms in total. The van der Waals surface area contributed by atoms with E-state index in [1.165, 1.54) is 17.7 Å². The van der Waals surface area contributed by atoms with Crippen molar-refractivity contribution in [1.29, 1.82) is 0 Å². The van der Waals surface area contributed by atoms with Crippen LogP contribution in [0, 0.1) is 5.82 Å². The van der Waals surface area contributed by atoms with Crippen LogP contribution in [-0.2, 0) is 11.2 Å². The number of likely N-dealkylation sites (N-methyl/N-ethyl adjacent to an activating group) is 1. The molecule has 122 valence electrons. The van der Waals surface area contributed by atoms with Crippen LogP contribution in [0.3, 0.4) is 0 Å². The van der Waals surface area contributed by atoms with E-state index >= 15 is 0 Å². The molecule has 0 N–H and O–H groups in total. The molecular weight excluding hydrogens is 293 g/mol. The van der Waals surface area contributed by atoms with E-state index in [-0.39, 0.29) is 11.7 Å². The number of carbonyl (C=O) groups excluding carboxylic acids is 1. The second kappa shape index (κ2) is 8.32. The lowest BCUT2D eigenvalue weighted by molar-refractivity contribution is -0.137. The van der Waals surface area contributed by atoms with Gasteiger partial charge in [-0.15, -0.1) is 0 Å². The molecule has 0 fully saturated rings. The molecule has 0 bridgehead atoms. The van der Waals surface area contributed by atoms with Gasteiger partial charge in [0.25, 0.3) is 5.91 Å². The highest BCUT2D eigenvalue weighted by molar-refractivity contribution is 5.80. The molecule has 0 heterocycles. The summed E-state index contributed by atoms with van der Waals surface area (Å²) in [5, 5.41) is 0.